The van der Waals surface area contributed by atoms with Gasteiger partial charge in [-0.3, -0.25) is 14.8 Å². The number of pyridine rings is 2. The van der Waals surface area contributed by atoms with Crippen molar-refractivity contribution in [2.45, 2.75) is 13.0 Å². The average Bonchev–Trinajstić information content (AvgIpc) is 2.63. The van der Waals surface area contributed by atoms with Crippen molar-refractivity contribution in [3.63, 3.8) is 0 Å². The minimum absolute atomic E-state index is 0.107. The number of rotatable bonds is 4. The molecule has 0 saturated carbocycles. The third kappa shape index (κ3) is 3.61. The van der Waals surface area contributed by atoms with E-state index in [1.165, 1.54) is 0 Å². The molecule has 0 bridgehead atoms. The van der Waals surface area contributed by atoms with Gasteiger partial charge in [0.05, 0.1) is 11.7 Å². The zero-order valence-electron chi connectivity index (χ0n) is 12.8. The minimum Gasteiger partial charge on any atom is -0.344 e. The number of carbonyl (C=O) groups excluding carboxylic acids is 1. The molecular formula is C19H17N3O. The normalized spacial score (nSPS) is 11.7. The van der Waals surface area contributed by atoms with Crippen molar-refractivity contribution >= 4 is 5.91 Å². The van der Waals surface area contributed by atoms with Crippen LogP contribution < -0.4 is 5.32 Å². The number of hydrogen-bond donors (Lipinski definition) is 1. The van der Waals surface area contributed by atoms with Crippen LogP contribution in [0.15, 0.2) is 73.2 Å². The van der Waals surface area contributed by atoms with Crippen LogP contribution in [0.25, 0.3) is 11.1 Å². The number of nitrogens with one attached hydrogen (secondary N) is 1. The highest BCUT2D eigenvalue weighted by molar-refractivity contribution is 5.94. The Kier molecular flexibility index (Phi) is 4.43. The van der Waals surface area contributed by atoms with E-state index in [0.717, 1.165) is 16.8 Å². The summed E-state index contributed by atoms with van der Waals surface area (Å²) in [6, 6.07) is 17.0. The summed E-state index contributed by atoms with van der Waals surface area (Å²) in [6.07, 6.45) is 5.23. The minimum atomic E-state index is -0.136. The largest absolute Gasteiger partial charge is 0.344 e. The second kappa shape index (κ2) is 6.83. The average molecular weight is 303 g/mol. The van der Waals surface area contributed by atoms with E-state index in [2.05, 4.69) is 15.3 Å². The Bertz CT molecular complexity index is 771. The van der Waals surface area contributed by atoms with Gasteiger partial charge in [-0.2, -0.15) is 0 Å². The van der Waals surface area contributed by atoms with E-state index in [0.29, 0.717) is 5.56 Å². The van der Waals surface area contributed by atoms with Crippen LogP contribution in [0.4, 0.5) is 0 Å². The lowest BCUT2D eigenvalue weighted by molar-refractivity contribution is 0.0939. The fourth-order valence-corrected chi connectivity index (χ4v) is 2.34. The molecule has 23 heavy (non-hydrogen) atoms. The van der Waals surface area contributed by atoms with Gasteiger partial charge in [0, 0.05) is 24.2 Å². The highest BCUT2D eigenvalue weighted by Crippen LogP contribution is 2.19. The number of nitrogens with zero attached hydrogens (tertiary/aromatic N) is 2. The molecule has 1 aromatic carbocycles. The fraction of sp³-hybridized carbons (Fsp3) is 0.105. The molecule has 0 fully saturated rings. The van der Waals surface area contributed by atoms with Crippen molar-refractivity contribution in [1.29, 1.82) is 0 Å². The van der Waals surface area contributed by atoms with E-state index in [1.54, 1.807) is 18.6 Å². The molecular weight excluding hydrogens is 286 g/mol. The molecule has 0 aliphatic rings. The summed E-state index contributed by atoms with van der Waals surface area (Å²) in [5, 5.41) is 2.96. The highest BCUT2D eigenvalue weighted by Gasteiger charge is 2.12. The van der Waals surface area contributed by atoms with E-state index in [1.807, 2.05) is 61.5 Å². The summed E-state index contributed by atoms with van der Waals surface area (Å²) < 4.78 is 0. The molecule has 0 radical (unpaired) electrons. The smallest absolute Gasteiger partial charge is 0.251 e. The Hall–Kier alpha value is -3.01. The Morgan fingerprint density at radius 2 is 1.61 bits per heavy atom. The van der Waals surface area contributed by atoms with Gasteiger partial charge in [0.15, 0.2) is 0 Å². The van der Waals surface area contributed by atoms with Gasteiger partial charge in [0.2, 0.25) is 0 Å². The Labute approximate surface area is 135 Å². The topological polar surface area (TPSA) is 54.9 Å². The maximum atomic E-state index is 12.3. The van der Waals surface area contributed by atoms with Crippen LogP contribution >= 0.6 is 0 Å². The molecule has 0 aliphatic heterocycles. The Balaban J connectivity index is 1.71. The molecule has 1 atom stereocenters. The van der Waals surface area contributed by atoms with Crippen LogP contribution in [0.3, 0.4) is 0 Å². The lowest BCUT2D eigenvalue weighted by Gasteiger charge is -2.13. The van der Waals surface area contributed by atoms with Gasteiger partial charge < -0.3 is 5.32 Å². The van der Waals surface area contributed by atoms with E-state index < -0.39 is 0 Å². The number of aromatic nitrogens is 2. The molecule has 3 rings (SSSR count). The van der Waals surface area contributed by atoms with Crippen molar-refractivity contribution in [1.82, 2.24) is 15.3 Å². The quantitative estimate of drug-likeness (QED) is 0.800. The summed E-state index contributed by atoms with van der Waals surface area (Å²) in [5.41, 5.74) is 3.61. The molecule has 0 unspecified atom stereocenters. The summed E-state index contributed by atoms with van der Waals surface area (Å²) in [4.78, 5) is 20.6. The van der Waals surface area contributed by atoms with Gasteiger partial charge >= 0.3 is 0 Å². The highest BCUT2D eigenvalue weighted by atomic mass is 16.1. The van der Waals surface area contributed by atoms with Crippen molar-refractivity contribution in [2.24, 2.45) is 0 Å². The Morgan fingerprint density at radius 3 is 2.26 bits per heavy atom. The van der Waals surface area contributed by atoms with Gasteiger partial charge in [-0.05, 0) is 54.4 Å². The molecule has 0 spiro atoms. The lowest BCUT2D eigenvalue weighted by atomic mass is 10.0. The van der Waals surface area contributed by atoms with E-state index in [9.17, 15) is 4.79 Å². The molecule has 0 saturated heterocycles. The van der Waals surface area contributed by atoms with Crippen molar-refractivity contribution in [3.8, 4) is 11.1 Å². The maximum absolute atomic E-state index is 12.3. The van der Waals surface area contributed by atoms with Crippen LogP contribution in [0.1, 0.15) is 29.0 Å². The van der Waals surface area contributed by atoms with Crippen LogP contribution in [0.5, 0.6) is 0 Å². The number of carbonyl (C=O) groups is 1. The predicted octanol–water partition coefficient (Wildman–Crippen LogP) is 3.63. The zero-order chi connectivity index (χ0) is 16.1. The molecule has 2 heterocycles. The van der Waals surface area contributed by atoms with Crippen LogP contribution in [0.2, 0.25) is 0 Å². The van der Waals surface area contributed by atoms with E-state index in [4.69, 9.17) is 0 Å². The molecule has 3 aromatic rings. The maximum Gasteiger partial charge on any atom is 0.251 e. The zero-order valence-corrected chi connectivity index (χ0v) is 12.8. The standard InChI is InChI=1S/C19H17N3O/c1-14(18-4-2-3-11-21-18)22-19(23)17-7-5-15(6-8-17)16-9-12-20-13-10-16/h2-14H,1H3,(H,22,23)/t14-/m1/s1. The van der Waals surface area contributed by atoms with Gasteiger partial charge in [-0.1, -0.05) is 18.2 Å². The first kappa shape index (κ1) is 14.9. The number of benzene rings is 1. The first-order valence-corrected chi connectivity index (χ1v) is 7.46. The molecule has 4 nitrogen and oxygen atoms in total. The predicted molar refractivity (Wildman–Crippen MR) is 89.8 cm³/mol. The van der Waals surface area contributed by atoms with Crippen LogP contribution in [-0.4, -0.2) is 15.9 Å². The first-order valence-electron chi connectivity index (χ1n) is 7.46. The Morgan fingerprint density at radius 1 is 0.913 bits per heavy atom. The third-order valence-electron chi connectivity index (χ3n) is 3.64. The third-order valence-corrected chi connectivity index (χ3v) is 3.64. The fourth-order valence-electron chi connectivity index (χ4n) is 2.34. The molecule has 1 amide bonds. The van der Waals surface area contributed by atoms with Gasteiger partial charge in [-0.15, -0.1) is 0 Å². The van der Waals surface area contributed by atoms with Gasteiger partial charge in [0.25, 0.3) is 5.91 Å². The summed E-state index contributed by atoms with van der Waals surface area (Å²) in [7, 11) is 0. The van der Waals surface area contributed by atoms with Crippen molar-refractivity contribution in [2.75, 3.05) is 0 Å². The molecule has 0 aliphatic carbocycles. The van der Waals surface area contributed by atoms with Crippen LogP contribution in [0, 0.1) is 0 Å². The van der Waals surface area contributed by atoms with Gasteiger partial charge in [-0.25, -0.2) is 0 Å². The second-order valence-corrected chi connectivity index (χ2v) is 5.26. The summed E-state index contributed by atoms with van der Waals surface area (Å²) in [5.74, 6) is -0.107. The summed E-state index contributed by atoms with van der Waals surface area (Å²) >= 11 is 0. The molecule has 4 heteroatoms. The number of amides is 1. The first-order chi connectivity index (χ1) is 11.2. The van der Waals surface area contributed by atoms with E-state index >= 15 is 0 Å². The van der Waals surface area contributed by atoms with Crippen molar-refractivity contribution < 1.29 is 4.79 Å². The van der Waals surface area contributed by atoms with Crippen LogP contribution in [-0.2, 0) is 0 Å². The lowest BCUT2D eigenvalue weighted by Crippen LogP contribution is -2.27. The second-order valence-electron chi connectivity index (χ2n) is 5.26. The summed E-state index contributed by atoms with van der Waals surface area (Å²) in [6.45, 7) is 1.92. The molecule has 1 N–H and O–H groups in total. The molecule has 114 valence electrons. The monoisotopic (exact) mass is 303 g/mol. The van der Waals surface area contributed by atoms with E-state index in [-0.39, 0.29) is 11.9 Å². The SMILES string of the molecule is C[C@@H](NC(=O)c1ccc(-c2ccncc2)cc1)c1ccccn1. The molecule has 2 aromatic heterocycles. The van der Waals surface area contributed by atoms with Crippen molar-refractivity contribution in [3.05, 3.63) is 84.4 Å². The van der Waals surface area contributed by atoms with Gasteiger partial charge in [0.1, 0.15) is 0 Å². The number of hydrogen-bond acceptors (Lipinski definition) is 3.